The maximum absolute atomic E-state index is 12.4. The van der Waals surface area contributed by atoms with Gasteiger partial charge in [-0.2, -0.15) is 0 Å². The smallest absolute Gasteiger partial charge is 0.305 e. The van der Waals surface area contributed by atoms with E-state index in [4.69, 9.17) is 14.5 Å². The average Bonchev–Trinajstić information content (AvgIpc) is 3.07. The lowest BCUT2D eigenvalue weighted by Crippen LogP contribution is -2.19. The fourth-order valence-electron chi connectivity index (χ4n) is 3.24. The highest BCUT2D eigenvalue weighted by Crippen LogP contribution is 2.33. The number of aliphatic hydroxyl groups excluding tert-OH is 3. The third-order valence-electron chi connectivity index (χ3n) is 5.02. The zero-order chi connectivity index (χ0) is 22.4. The van der Waals surface area contributed by atoms with Crippen LogP contribution in [0.1, 0.15) is 58.3 Å². The molecule has 1 aliphatic rings. The lowest BCUT2D eigenvalue weighted by atomic mass is 9.90. The monoisotopic (exact) mass is 388 g/mol. The molecular weight excluding hydrogens is 348 g/mol. The van der Waals surface area contributed by atoms with Gasteiger partial charge in [0.2, 0.25) is 4.29 Å². The number of esters is 1. The van der Waals surface area contributed by atoms with E-state index in [0.29, 0.717) is 38.5 Å². The number of rotatable bonds is 15. The number of Topliss-reactive ketones (excluding diaryl/α,β-unsaturated/α-hetero) is 1. The lowest BCUT2D eigenvalue weighted by Gasteiger charge is -2.17. The van der Waals surface area contributed by atoms with Gasteiger partial charge in [0.1, 0.15) is 5.78 Å². The molecule has 0 aromatic carbocycles. The number of ketones is 1. The topological polar surface area (TPSA) is 104 Å². The summed E-state index contributed by atoms with van der Waals surface area (Å²) in [5.41, 5.74) is 0. The van der Waals surface area contributed by atoms with Crippen molar-refractivity contribution in [3.8, 4) is 0 Å². The number of hydrogen-bond donors (Lipinski definition) is 3. The molecule has 3 N–H and O–H groups in total. The molecule has 5 atom stereocenters. The van der Waals surface area contributed by atoms with Crippen LogP contribution in [0.4, 0.5) is 0 Å². The van der Waals surface area contributed by atoms with E-state index in [1.54, 1.807) is 6.08 Å². The van der Waals surface area contributed by atoms with E-state index >= 15 is 0 Å². The lowest BCUT2D eigenvalue weighted by molar-refractivity contribution is -0.140. The summed E-state index contributed by atoms with van der Waals surface area (Å²) in [5.74, 6) is -0.736. The fraction of sp³-hybridized carbons (Fsp3) is 0.714. The Bertz CT molecular complexity index is 565. The number of hydrogen-bond acceptors (Lipinski definition) is 6. The minimum atomic E-state index is -0.516. The molecule has 6 nitrogen and oxygen atoms in total. The fourth-order valence-corrected chi connectivity index (χ4v) is 3.24. The molecule has 154 valence electrons. The number of carbonyl (C=O) groups excluding carboxylic acids is 2. The van der Waals surface area contributed by atoms with E-state index in [0.717, 1.165) is 6.42 Å². The molecule has 0 radical (unpaired) electrons. The van der Waals surface area contributed by atoms with E-state index in [1.807, 2.05) is 25.2 Å². The number of aliphatic hydroxyl groups is 3. The van der Waals surface area contributed by atoms with E-state index in [9.17, 15) is 9.59 Å². The molecule has 0 aromatic rings. The summed E-state index contributed by atoms with van der Waals surface area (Å²) in [6, 6.07) is 0. The van der Waals surface area contributed by atoms with Crippen LogP contribution in [-0.2, 0) is 14.3 Å². The number of carbonyl (C=O) groups is 2. The van der Waals surface area contributed by atoms with Crippen LogP contribution in [0.15, 0.2) is 24.3 Å². The molecule has 0 spiro atoms. The second kappa shape index (κ2) is 12.8. The Kier molecular flexibility index (Phi) is 8.94. The van der Waals surface area contributed by atoms with Crippen molar-refractivity contribution < 1.29 is 29.7 Å². The molecule has 6 heteroatoms. The summed E-state index contributed by atoms with van der Waals surface area (Å²) in [6.45, 7) is 1.93. The molecule has 1 fully saturated rings. The van der Waals surface area contributed by atoms with E-state index in [1.165, 1.54) is 7.11 Å². The Morgan fingerprint density at radius 1 is 1.37 bits per heavy atom. The van der Waals surface area contributed by atoms with E-state index in [2.05, 4.69) is 9.85 Å². The number of methoxy groups -OCH3 is 1. The van der Waals surface area contributed by atoms with Gasteiger partial charge in [0.05, 0.1) is 25.4 Å². The van der Waals surface area contributed by atoms with Gasteiger partial charge in [0.15, 0.2) is 0 Å². The Morgan fingerprint density at radius 2 is 2.22 bits per heavy atom. The Balaban J connectivity index is 2.64. The zero-order valence-electron chi connectivity index (χ0n) is 19.3. The number of unbranched alkanes of at least 4 members (excludes halogenated alkanes) is 1. The van der Waals surface area contributed by atoms with Crippen molar-refractivity contribution in [2.75, 3.05) is 7.11 Å². The maximum Gasteiger partial charge on any atom is 0.305 e. The Hall–Kier alpha value is -1.50. The molecule has 4 unspecified atom stereocenters. The molecule has 0 heterocycles. The first-order valence-corrected chi connectivity index (χ1v) is 9.79. The van der Waals surface area contributed by atoms with Crippen molar-refractivity contribution in [2.45, 2.75) is 76.6 Å². The highest BCUT2D eigenvalue weighted by Gasteiger charge is 2.39. The van der Waals surface area contributed by atoms with Crippen molar-refractivity contribution in [3.63, 3.8) is 0 Å². The van der Waals surface area contributed by atoms with Gasteiger partial charge in [0, 0.05) is 24.7 Å². The quantitative estimate of drug-likeness (QED) is 0.226. The summed E-state index contributed by atoms with van der Waals surface area (Å²) < 4.78 is 26.2. The number of allylic oxidation sites excluding steroid dienone is 2. The van der Waals surface area contributed by atoms with Crippen molar-refractivity contribution in [3.05, 3.63) is 24.3 Å². The molecule has 27 heavy (non-hydrogen) atoms. The van der Waals surface area contributed by atoms with Crippen molar-refractivity contribution in [1.29, 1.82) is 4.29 Å². The van der Waals surface area contributed by atoms with Gasteiger partial charge in [-0.1, -0.05) is 31.2 Å². The summed E-state index contributed by atoms with van der Waals surface area (Å²) in [5, 5.41) is 14.1. The van der Waals surface area contributed by atoms with Gasteiger partial charge in [-0.05, 0) is 38.5 Å². The second-order valence-corrected chi connectivity index (χ2v) is 7.10. The van der Waals surface area contributed by atoms with Gasteiger partial charge in [-0.25, -0.2) is 0 Å². The van der Waals surface area contributed by atoms with Crippen molar-refractivity contribution in [1.82, 2.24) is 0 Å². The molecule has 0 aliphatic heterocycles. The molecule has 1 rings (SSSR count). The maximum atomic E-state index is 12.4. The predicted molar refractivity (Wildman–Crippen MR) is 103 cm³/mol. The summed E-state index contributed by atoms with van der Waals surface area (Å²) in [4.78, 5) is 23.5. The third kappa shape index (κ3) is 8.82. The SMILES string of the molecule is [3H]OC(C=CC1C(CC=CCCCC(=O)OC)C(=O)C[C@@H]1O[3H])CCC(CC)O[3H]. The Labute approximate surface area is 166 Å². The Morgan fingerprint density at radius 3 is 2.89 bits per heavy atom. The predicted octanol–water partition coefficient (Wildman–Crippen LogP) is 2.31. The first kappa shape index (κ1) is 18.8. The van der Waals surface area contributed by atoms with Crippen LogP contribution in [0.2, 0.25) is 0 Å². The summed E-state index contributed by atoms with van der Waals surface area (Å²) in [7, 11) is 1.37. The first-order chi connectivity index (χ1) is 14.5. The summed E-state index contributed by atoms with van der Waals surface area (Å²) in [6.07, 6.45) is 10.6. The minimum absolute atomic E-state index is 0.0538. The molecule has 0 amide bonds. The van der Waals surface area contributed by atoms with Crippen LogP contribution in [0, 0.1) is 11.8 Å². The van der Waals surface area contributed by atoms with Crippen LogP contribution in [0.3, 0.4) is 0 Å². The van der Waals surface area contributed by atoms with Gasteiger partial charge >= 0.3 is 5.97 Å². The standard InChI is InChI=1S/C21H34O6/c1-3-15(22)10-11-16(23)12-13-18-17(19(24)14-20(18)25)8-6-4-5-7-9-21(26)27-2/h4,6,12-13,15-18,20,22-23,25H,3,5,7-11,14H2,1-2H3/t15?,16?,17?,18?,20-/m0/s1/i22T,23T,25T. The second-order valence-electron chi connectivity index (χ2n) is 7.10. The van der Waals surface area contributed by atoms with E-state index in [-0.39, 0.29) is 36.1 Å². The normalized spacial score (nSPS) is 26.8. The highest BCUT2D eigenvalue weighted by molar-refractivity contribution is 5.84. The zero-order valence-corrected chi connectivity index (χ0v) is 16.3. The number of ether oxygens (including phenoxy) is 1. The van der Waals surface area contributed by atoms with Gasteiger partial charge < -0.3 is 20.1 Å². The largest absolute Gasteiger partial charge is 0.469 e. The molecule has 1 saturated carbocycles. The van der Waals surface area contributed by atoms with E-state index < -0.39 is 12.2 Å². The molecule has 0 saturated heterocycles. The van der Waals surface area contributed by atoms with Crippen molar-refractivity contribution >= 4 is 11.8 Å². The highest BCUT2D eigenvalue weighted by atomic mass is 16.5. The van der Waals surface area contributed by atoms with Crippen LogP contribution in [0.25, 0.3) is 0 Å². The van der Waals surface area contributed by atoms with Gasteiger partial charge in [-0.3, -0.25) is 9.59 Å². The molecule has 0 bridgehead atoms. The van der Waals surface area contributed by atoms with Gasteiger partial charge in [0.25, 0.3) is 0 Å². The minimum Gasteiger partial charge on any atom is -0.469 e. The molecule has 1 aliphatic carbocycles. The summed E-state index contributed by atoms with van der Waals surface area (Å²) >= 11 is 0. The van der Waals surface area contributed by atoms with Crippen LogP contribution in [-0.4, -0.2) is 56.8 Å². The average molecular weight is 389 g/mol. The van der Waals surface area contributed by atoms with Gasteiger partial charge in [-0.15, -0.1) is 0 Å². The van der Waals surface area contributed by atoms with Crippen LogP contribution >= 0.6 is 0 Å². The van der Waals surface area contributed by atoms with Crippen LogP contribution in [0.5, 0.6) is 0 Å². The molecule has 0 aromatic heterocycles. The molecular formula is C21H34O6. The third-order valence-corrected chi connectivity index (χ3v) is 5.02. The first-order valence-electron chi connectivity index (χ1n) is 11.0. The van der Waals surface area contributed by atoms with Crippen molar-refractivity contribution in [2.24, 2.45) is 11.8 Å². The van der Waals surface area contributed by atoms with Crippen LogP contribution < -0.4 is 0 Å².